The maximum absolute atomic E-state index is 14.6. The number of aromatic nitrogens is 3. The number of alkyl halides is 2. The molecular weight excluding hydrogens is 620 g/mol. The van der Waals surface area contributed by atoms with Gasteiger partial charge in [-0.25, -0.2) is 18.6 Å². The zero-order chi connectivity index (χ0) is 33.0. The number of hydrogen-bond donors (Lipinski definition) is 0. The molecule has 0 bridgehead atoms. The normalized spacial score (nSPS) is 24.4. The lowest BCUT2D eigenvalue weighted by Crippen LogP contribution is -2.69. The fourth-order valence-electron chi connectivity index (χ4n) is 8.08. The van der Waals surface area contributed by atoms with Gasteiger partial charge in [0, 0.05) is 63.5 Å². The zero-order valence-electron chi connectivity index (χ0n) is 27.3. The standard InChI is InChI=1S/C35H41F2N7O4/c1-23-16-38-44-25(19-46-2)20-48-35(32(23)44)21-42(22-35)30-15-28-26(31(39-30)33(36)37)9-6-10-27-29(17-43(27)28)40-11-13-41(14-12-40)34(45)47-18-24-7-4-3-5-8-24/h3-9,15-16,25,27,29,33H,10-14,17-22H2,1-2H3/t25?,27-,29+/m0/s1. The minimum Gasteiger partial charge on any atom is -0.445 e. The minimum atomic E-state index is -2.70. The summed E-state index contributed by atoms with van der Waals surface area (Å²) in [7, 11) is 1.67. The van der Waals surface area contributed by atoms with E-state index in [0.717, 1.165) is 48.6 Å². The number of carbonyl (C=O) groups is 1. The van der Waals surface area contributed by atoms with Gasteiger partial charge in [0.05, 0.1) is 49.9 Å². The SMILES string of the molecule is COCC1COC2(CN(c3cc4c(c(C(F)F)n3)C=CC[C@H]3[C@H](N5CCN(C(=O)OCc6ccccc6)CC5)CN43)C2)c2c(C)cnn21. The van der Waals surface area contributed by atoms with E-state index in [-0.39, 0.29) is 36.5 Å². The highest BCUT2D eigenvalue weighted by Gasteiger charge is 2.53. The maximum Gasteiger partial charge on any atom is 0.410 e. The molecule has 1 unspecified atom stereocenters. The second-order valence-electron chi connectivity index (χ2n) is 13.5. The van der Waals surface area contributed by atoms with Crippen LogP contribution in [-0.4, -0.2) is 109 Å². The predicted octanol–water partition coefficient (Wildman–Crippen LogP) is 4.39. The van der Waals surface area contributed by atoms with Gasteiger partial charge in [-0.15, -0.1) is 0 Å². The molecule has 1 aromatic carbocycles. The fourth-order valence-corrected chi connectivity index (χ4v) is 8.08. The van der Waals surface area contributed by atoms with Crippen molar-refractivity contribution in [1.82, 2.24) is 24.6 Å². The average Bonchev–Trinajstić information content (AvgIpc) is 3.41. The third-order valence-corrected chi connectivity index (χ3v) is 10.6. The monoisotopic (exact) mass is 661 g/mol. The molecule has 1 spiro atoms. The molecule has 5 aliphatic rings. The van der Waals surface area contributed by atoms with Crippen molar-refractivity contribution in [3.63, 3.8) is 0 Å². The van der Waals surface area contributed by atoms with E-state index < -0.39 is 12.0 Å². The summed E-state index contributed by atoms with van der Waals surface area (Å²) in [6, 6.07) is 12.1. The Morgan fingerprint density at radius 1 is 1.12 bits per heavy atom. The van der Waals surface area contributed by atoms with Gasteiger partial charge in [0.1, 0.15) is 23.7 Å². The lowest BCUT2D eigenvalue weighted by Gasteiger charge is -2.55. The van der Waals surface area contributed by atoms with Gasteiger partial charge in [-0.3, -0.25) is 9.58 Å². The first kappa shape index (κ1) is 31.2. The van der Waals surface area contributed by atoms with E-state index in [9.17, 15) is 13.6 Å². The van der Waals surface area contributed by atoms with Crippen LogP contribution in [0.1, 0.15) is 47.0 Å². The first-order valence-corrected chi connectivity index (χ1v) is 16.7. The van der Waals surface area contributed by atoms with Crippen molar-refractivity contribution in [1.29, 1.82) is 0 Å². The van der Waals surface area contributed by atoms with Gasteiger partial charge >= 0.3 is 6.09 Å². The molecule has 3 saturated heterocycles. The van der Waals surface area contributed by atoms with Crippen LogP contribution < -0.4 is 9.80 Å². The maximum atomic E-state index is 14.6. The molecule has 0 aliphatic carbocycles. The summed E-state index contributed by atoms with van der Waals surface area (Å²) < 4.78 is 48.5. The Morgan fingerprint density at radius 3 is 2.67 bits per heavy atom. The Balaban J connectivity index is 0.954. The molecule has 13 heteroatoms. The van der Waals surface area contributed by atoms with Gasteiger partial charge in [-0.2, -0.15) is 5.10 Å². The van der Waals surface area contributed by atoms with Crippen LogP contribution in [0.3, 0.4) is 0 Å². The number of ether oxygens (including phenoxy) is 3. The third-order valence-electron chi connectivity index (χ3n) is 10.6. The molecule has 3 fully saturated rings. The Bertz CT molecular complexity index is 1690. The van der Waals surface area contributed by atoms with Crippen LogP contribution in [0.2, 0.25) is 0 Å². The van der Waals surface area contributed by atoms with Crippen molar-refractivity contribution in [2.45, 2.75) is 50.1 Å². The summed E-state index contributed by atoms with van der Waals surface area (Å²) >= 11 is 0. The number of pyridine rings is 1. The molecule has 0 N–H and O–H groups in total. The summed E-state index contributed by atoms with van der Waals surface area (Å²) in [6.45, 7) is 7.68. The quantitative estimate of drug-likeness (QED) is 0.366. The van der Waals surface area contributed by atoms with Crippen LogP contribution >= 0.6 is 0 Å². The number of fused-ring (bicyclic) bond motifs is 5. The summed E-state index contributed by atoms with van der Waals surface area (Å²) in [4.78, 5) is 25.8. The molecule has 3 aromatic rings. The van der Waals surface area contributed by atoms with Gasteiger partial charge in [0.2, 0.25) is 0 Å². The molecule has 8 rings (SSSR count). The van der Waals surface area contributed by atoms with Crippen LogP contribution in [-0.2, 0) is 26.4 Å². The van der Waals surface area contributed by atoms with E-state index in [1.54, 1.807) is 12.0 Å². The molecule has 1 amide bonds. The molecular formula is C35H41F2N7O4. The summed E-state index contributed by atoms with van der Waals surface area (Å²) in [6.07, 6.45) is 3.45. The second kappa shape index (κ2) is 12.4. The predicted molar refractivity (Wildman–Crippen MR) is 175 cm³/mol. The van der Waals surface area contributed by atoms with Crippen molar-refractivity contribution in [3.8, 4) is 0 Å². The molecule has 11 nitrogen and oxygen atoms in total. The smallest absolute Gasteiger partial charge is 0.410 e. The molecule has 0 saturated carbocycles. The lowest BCUT2D eigenvalue weighted by molar-refractivity contribution is -0.119. The van der Waals surface area contributed by atoms with Crippen molar-refractivity contribution < 1.29 is 27.8 Å². The number of methoxy groups -OCH3 is 1. The zero-order valence-corrected chi connectivity index (χ0v) is 27.3. The number of anilines is 2. The van der Waals surface area contributed by atoms with Crippen LogP contribution in [0.25, 0.3) is 6.08 Å². The van der Waals surface area contributed by atoms with E-state index in [4.69, 9.17) is 14.2 Å². The number of hydrogen-bond acceptors (Lipinski definition) is 9. The van der Waals surface area contributed by atoms with Crippen molar-refractivity contribution in [3.05, 3.63) is 76.7 Å². The lowest BCUT2D eigenvalue weighted by atomic mass is 9.86. The molecule has 0 radical (unpaired) electrons. The third kappa shape index (κ3) is 5.32. The van der Waals surface area contributed by atoms with Crippen LogP contribution in [0.4, 0.5) is 25.1 Å². The Hall–Kier alpha value is -4.07. The number of rotatable bonds is 7. The van der Waals surface area contributed by atoms with Crippen LogP contribution in [0, 0.1) is 6.92 Å². The van der Waals surface area contributed by atoms with Crippen LogP contribution in [0.5, 0.6) is 0 Å². The molecule has 48 heavy (non-hydrogen) atoms. The van der Waals surface area contributed by atoms with E-state index in [1.807, 2.05) is 71.3 Å². The number of piperazine rings is 1. The van der Waals surface area contributed by atoms with E-state index in [0.29, 0.717) is 50.8 Å². The summed E-state index contributed by atoms with van der Waals surface area (Å²) in [5.41, 5.74) is 3.59. The fraction of sp³-hybridized carbons (Fsp3) is 0.514. The van der Waals surface area contributed by atoms with Gasteiger partial charge in [0.15, 0.2) is 0 Å². The summed E-state index contributed by atoms with van der Waals surface area (Å²) in [5.74, 6) is 0.543. The van der Waals surface area contributed by atoms with E-state index in [2.05, 4.69) is 19.9 Å². The highest BCUT2D eigenvalue weighted by atomic mass is 19.3. The number of nitrogens with zero attached hydrogens (tertiary/aromatic N) is 7. The topological polar surface area (TPSA) is 88.4 Å². The highest BCUT2D eigenvalue weighted by molar-refractivity contribution is 5.76. The van der Waals surface area contributed by atoms with Crippen LogP contribution in [0.15, 0.2) is 48.7 Å². The number of halogens is 2. The molecule has 254 valence electrons. The molecule has 3 atom stereocenters. The molecule has 2 aromatic heterocycles. The number of amides is 1. The number of carbonyl (C=O) groups excluding carboxylic acids is 1. The summed E-state index contributed by atoms with van der Waals surface area (Å²) in [5, 5.41) is 4.62. The highest BCUT2D eigenvalue weighted by Crippen LogP contribution is 2.47. The van der Waals surface area contributed by atoms with Crippen molar-refractivity contribution in [2.24, 2.45) is 0 Å². The Kier molecular flexibility index (Phi) is 8.08. The minimum absolute atomic E-state index is 0.00560. The largest absolute Gasteiger partial charge is 0.445 e. The Labute approximate surface area is 278 Å². The first-order valence-electron chi connectivity index (χ1n) is 16.7. The Morgan fingerprint density at radius 2 is 1.92 bits per heavy atom. The number of benzene rings is 1. The second-order valence-corrected chi connectivity index (χ2v) is 13.5. The average molecular weight is 662 g/mol. The first-order chi connectivity index (χ1) is 23.3. The van der Waals surface area contributed by atoms with Crippen molar-refractivity contribution >= 4 is 23.7 Å². The van der Waals surface area contributed by atoms with Gasteiger partial charge < -0.3 is 28.9 Å². The van der Waals surface area contributed by atoms with Crippen molar-refractivity contribution in [2.75, 3.05) is 75.9 Å². The molecule has 7 heterocycles. The molecule has 5 aliphatic heterocycles. The van der Waals surface area contributed by atoms with E-state index in [1.165, 1.54) is 0 Å². The van der Waals surface area contributed by atoms with Gasteiger partial charge in [-0.05, 0) is 24.5 Å². The van der Waals surface area contributed by atoms with Gasteiger partial charge in [0.25, 0.3) is 6.43 Å². The van der Waals surface area contributed by atoms with E-state index >= 15 is 0 Å². The number of aryl methyl sites for hydroxylation is 1. The van der Waals surface area contributed by atoms with Gasteiger partial charge in [-0.1, -0.05) is 42.5 Å².